The molecule has 1 amide bonds. The minimum absolute atomic E-state index is 0.0596. The molecular weight excluding hydrogens is 377 g/mol. The quantitative estimate of drug-likeness (QED) is 0.630. The van der Waals surface area contributed by atoms with E-state index in [0.29, 0.717) is 15.8 Å². The van der Waals surface area contributed by atoms with Gasteiger partial charge >= 0.3 is 0 Å². The lowest BCUT2D eigenvalue weighted by atomic mass is 10.1. The fourth-order valence-electron chi connectivity index (χ4n) is 2.53. The van der Waals surface area contributed by atoms with Crippen molar-refractivity contribution in [3.63, 3.8) is 0 Å². The molecule has 0 aliphatic rings. The third-order valence-corrected chi connectivity index (χ3v) is 5.67. The highest BCUT2D eigenvalue weighted by Crippen LogP contribution is 2.26. The first-order valence-electron chi connectivity index (χ1n) is 7.74. The Morgan fingerprint density at radius 2 is 2.00 bits per heavy atom. The summed E-state index contributed by atoms with van der Waals surface area (Å²) in [5.74, 6) is 0.235. The van der Waals surface area contributed by atoms with Crippen molar-refractivity contribution in [3.8, 4) is 0 Å². The molecule has 2 aromatic carbocycles. The van der Waals surface area contributed by atoms with Crippen LogP contribution in [0.25, 0.3) is 11.0 Å². The van der Waals surface area contributed by atoms with Crippen LogP contribution in [0.4, 0.5) is 0 Å². The zero-order valence-corrected chi connectivity index (χ0v) is 16.1. The molecule has 1 aromatic heterocycles. The van der Waals surface area contributed by atoms with Crippen LogP contribution in [-0.2, 0) is 11.8 Å². The lowest BCUT2D eigenvalue weighted by molar-refractivity contribution is -0.119. The van der Waals surface area contributed by atoms with Gasteiger partial charge in [-0.2, -0.15) is 0 Å². The Labute approximate surface area is 160 Å². The highest BCUT2D eigenvalue weighted by Gasteiger charge is 2.13. The summed E-state index contributed by atoms with van der Waals surface area (Å²) in [6.45, 7) is 1.91. The molecule has 1 unspecified atom stereocenters. The molecule has 1 heterocycles. The van der Waals surface area contributed by atoms with Crippen molar-refractivity contribution in [3.05, 3.63) is 58.1 Å². The molecule has 0 saturated carbocycles. The number of fused-ring (bicyclic) bond motifs is 1. The summed E-state index contributed by atoms with van der Waals surface area (Å²) in [4.78, 5) is 16.8. The molecule has 0 fully saturated rings. The maximum absolute atomic E-state index is 12.3. The molecule has 0 bridgehead atoms. The molecule has 4 nitrogen and oxygen atoms in total. The van der Waals surface area contributed by atoms with Crippen molar-refractivity contribution in [1.82, 2.24) is 14.9 Å². The van der Waals surface area contributed by atoms with Crippen LogP contribution in [0.15, 0.2) is 47.6 Å². The van der Waals surface area contributed by atoms with E-state index in [-0.39, 0.29) is 11.9 Å². The normalized spacial score (nSPS) is 12.3. The van der Waals surface area contributed by atoms with Gasteiger partial charge < -0.3 is 9.88 Å². The number of amides is 1. The number of hydrogen-bond acceptors (Lipinski definition) is 3. The number of rotatable bonds is 5. The molecule has 1 N–H and O–H groups in total. The largest absolute Gasteiger partial charge is 0.349 e. The number of benzene rings is 2. The van der Waals surface area contributed by atoms with Crippen LogP contribution in [-0.4, -0.2) is 21.2 Å². The topological polar surface area (TPSA) is 46.9 Å². The van der Waals surface area contributed by atoms with Gasteiger partial charge in [-0.05, 0) is 36.8 Å². The van der Waals surface area contributed by atoms with E-state index in [1.807, 2.05) is 48.9 Å². The third-order valence-electron chi connectivity index (χ3n) is 3.90. The molecule has 1 atom stereocenters. The number of nitrogens with zero attached hydrogens (tertiary/aromatic N) is 2. The predicted molar refractivity (Wildman–Crippen MR) is 104 cm³/mol. The third kappa shape index (κ3) is 4.11. The molecule has 0 radical (unpaired) electrons. The summed E-state index contributed by atoms with van der Waals surface area (Å²) in [6, 6.07) is 13.1. The number of carbonyl (C=O) groups excluding carboxylic acids is 1. The Hall–Kier alpha value is -1.69. The first-order valence-corrected chi connectivity index (χ1v) is 9.48. The minimum atomic E-state index is -0.150. The smallest absolute Gasteiger partial charge is 0.230 e. The van der Waals surface area contributed by atoms with E-state index in [1.165, 1.54) is 11.8 Å². The van der Waals surface area contributed by atoms with Crippen LogP contribution in [0.5, 0.6) is 0 Å². The van der Waals surface area contributed by atoms with E-state index in [9.17, 15) is 4.79 Å². The fraction of sp³-hybridized carbons (Fsp3) is 0.222. The van der Waals surface area contributed by atoms with Crippen LogP contribution in [0, 0.1) is 0 Å². The number of aryl methyl sites for hydroxylation is 1. The van der Waals surface area contributed by atoms with Gasteiger partial charge in [-0.25, -0.2) is 4.98 Å². The highest BCUT2D eigenvalue weighted by atomic mass is 35.5. The summed E-state index contributed by atoms with van der Waals surface area (Å²) in [5, 5.41) is 4.77. The maximum atomic E-state index is 12.3. The molecule has 130 valence electrons. The van der Waals surface area contributed by atoms with Crippen molar-refractivity contribution in [2.75, 3.05) is 5.75 Å². The predicted octanol–water partition coefficient (Wildman–Crippen LogP) is 4.85. The number of imidazole rings is 1. The van der Waals surface area contributed by atoms with Crippen LogP contribution in [0.1, 0.15) is 18.5 Å². The van der Waals surface area contributed by atoms with Crippen LogP contribution in [0.3, 0.4) is 0 Å². The van der Waals surface area contributed by atoms with Gasteiger partial charge in [0.2, 0.25) is 5.91 Å². The van der Waals surface area contributed by atoms with Gasteiger partial charge in [0.1, 0.15) is 0 Å². The van der Waals surface area contributed by atoms with Crippen molar-refractivity contribution >= 4 is 51.9 Å². The maximum Gasteiger partial charge on any atom is 0.230 e. The van der Waals surface area contributed by atoms with Gasteiger partial charge in [-0.3, -0.25) is 4.79 Å². The number of thioether (sulfide) groups is 1. The van der Waals surface area contributed by atoms with Crippen LogP contribution >= 0.6 is 35.0 Å². The second kappa shape index (κ2) is 7.68. The number of carbonyl (C=O) groups is 1. The standard InChI is InChI=1S/C18H17Cl2N3OS/c1-11(12-7-8-13(19)14(20)9-12)21-17(24)10-25-18-22-15-5-3-4-6-16(15)23(18)2/h3-9,11H,10H2,1-2H3,(H,21,24). The lowest BCUT2D eigenvalue weighted by Gasteiger charge is -2.15. The van der Waals surface area contributed by atoms with E-state index >= 15 is 0 Å². The molecule has 7 heteroatoms. The first-order chi connectivity index (χ1) is 12.0. The number of para-hydroxylation sites is 2. The first kappa shape index (κ1) is 18.1. The van der Waals surface area contributed by atoms with E-state index in [4.69, 9.17) is 23.2 Å². The van der Waals surface area contributed by atoms with Crippen molar-refractivity contribution in [2.24, 2.45) is 7.05 Å². The van der Waals surface area contributed by atoms with Crippen molar-refractivity contribution < 1.29 is 4.79 Å². The highest BCUT2D eigenvalue weighted by molar-refractivity contribution is 7.99. The van der Waals surface area contributed by atoms with Gasteiger partial charge in [0.15, 0.2) is 5.16 Å². The zero-order chi connectivity index (χ0) is 18.0. The van der Waals surface area contributed by atoms with E-state index < -0.39 is 0 Å². The second-order valence-electron chi connectivity index (χ2n) is 5.69. The molecule has 0 spiro atoms. The molecule has 25 heavy (non-hydrogen) atoms. The SMILES string of the molecule is CC(NC(=O)CSc1nc2ccccc2n1C)c1ccc(Cl)c(Cl)c1. The number of halogens is 2. The van der Waals surface area contributed by atoms with Gasteiger partial charge in [-0.1, -0.05) is 53.2 Å². The van der Waals surface area contributed by atoms with Crippen LogP contribution < -0.4 is 5.32 Å². The van der Waals surface area contributed by atoms with Crippen molar-refractivity contribution in [2.45, 2.75) is 18.1 Å². The molecule has 3 aromatic rings. The fourth-order valence-corrected chi connectivity index (χ4v) is 3.64. The Morgan fingerprint density at radius 3 is 2.72 bits per heavy atom. The number of nitrogens with one attached hydrogen (secondary N) is 1. The Kier molecular flexibility index (Phi) is 5.57. The molecule has 0 aliphatic carbocycles. The summed E-state index contributed by atoms with van der Waals surface area (Å²) in [5.41, 5.74) is 2.89. The number of hydrogen-bond donors (Lipinski definition) is 1. The lowest BCUT2D eigenvalue weighted by Crippen LogP contribution is -2.28. The van der Waals surface area contributed by atoms with Gasteiger partial charge in [0.05, 0.1) is 32.9 Å². The minimum Gasteiger partial charge on any atom is -0.349 e. The van der Waals surface area contributed by atoms with Gasteiger partial charge in [0, 0.05) is 7.05 Å². The average molecular weight is 394 g/mol. The summed E-state index contributed by atoms with van der Waals surface area (Å²) in [6.07, 6.45) is 0. The second-order valence-corrected chi connectivity index (χ2v) is 7.45. The van der Waals surface area contributed by atoms with E-state index in [2.05, 4.69) is 10.3 Å². The number of aromatic nitrogens is 2. The van der Waals surface area contributed by atoms with E-state index in [1.54, 1.807) is 12.1 Å². The van der Waals surface area contributed by atoms with E-state index in [0.717, 1.165) is 21.8 Å². The van der Waals surface area contributed by atoms with Gasteiger partial charge in [-0.15, -0.1) is 0 Å². The van der Waals surface area contributed by atoms with Crippen LogP contribution in [0.2, 0.25) is 10.0 Å². The summed E-state index contributed by atoms with van der Waals surface area (Å²) >= 11 is 13.4. The molecule has 0 saturated heterocycles. The monoisotopic (exact) mass is 393 g/mol. The average Bonchev–Trinajstić information content (AvgIpc) is 2.92. The molecular formula is C18H17Cl2N3OS. The zero-order valence-electron chi connectivity index (χ0n) is 13.8. The Bertz CT molecular complexity index is 926. The molecule has 3 rings (SSSR count). The summed E-state index contributed by atoms with van der Waals surface area (Å²) < 4.78 is 2.00. The van der Waals surface area contributed by atoms with Gasteiger partial charge in [0.25, 0.3) is 0 Å². The molecule has 0 aliphatic heterocycles. The Morgan fingerprint density at radius 1 is 1.24 bits per heavy atom. The Balaban J connectivity index is 1.62. The summed E-state index contributed by atoms with van der Waals surface area (Å²) in [7, 11) is 1.95. The van der Waals surface area contributed by atoms with Crippen molar-refractivity contribution in [1.29, 1.82) is 0 Å².